The summed E-state index contributed by atoms with van der Waals surface area (Å²) in [6.45, 7) is 1.17. The van der Waals surface area contributed by atoms with Gasteiger partial charge in [0.2, 0.25) is 0 Å². The molecule has 0 heterocycles. The van der Waals surface area contributed by atoms with Crippen molar-refractivity contribution in [2.45, 2.75) is 13.1 Å². The van der Waals surface area contributed by atoms with E-state index >= 15 is 0 Å². The zero-order valence-electron chi connectivity index (χ0n) is 10.6. The molecular weight excluding hydrogens is 309 g/mol. The van der Waals surface area contributed by atoms with Gasteiger partial charge < -0.3 is 10.1 Å². The zero-order valence-corrected chi connectivity index (χ0v) is 12.2. The normalized spacial score (nSPS) is 10.5. The van der Waals surface area contributed by atoms with Crippen LogP contribution in [0.2, 0.25) is 0 Å². The number of hydrogen-bond donors (Lipinski definition) is 1. The molecule has 100 valence electrons. The highest BCUT2D eigenvalue weighted by Gasteiger charge is 2.04. The van der Waals surface area contributed by atoms with Gasteiger partial charge in [-0.05, 0) is 17.7 Å². The van der Waals surface area contributed by atoms with Crippen LogP contribution in [0.4, 0.5) is 4.39 Å². The first kappa shape index (κ1) is 14.0. The number of rotatable bonds is 5. The Bertz CT molecular complexity index is 560. The van der Waals surface area contributed by atoms with E-state index in [9.17, 15) is 4.39 Å². The average molecular weight is 324 g/mol. The maximum absolute atomic E-state index is 13.7. The van der Waals surface area contributed by atoms with Gasteiger partial charge in [0, 0.05) is 29.2 Å². The van der Waals surface area contributed by atoms with E-state index in [0.717, 1.165) is 10.0 Å². The lowest BCUT2D eigenvalue weighted by Crippen LogP contribution is -2.14. The van der Waals surface area contributed by atoms with Crippen LogP contribution in [-0.4, -0.2) is 7.11 Å². The molecule has 0 fully saturated rings. The molecule has 19 heavy (non-hydrogen) atoms. The van der Waals surface area contributed by atoms with E-state index in [0.29, 0.717) is 24.4 Å². The standard InChI is InChI=1S/C15H15BrFNO/c1-19-13-7-6-12(15(17)8-13)10-18-9-11-4-2-3-5-14(11)16/h2-8,18H,9-10H2,1H3. The summed E-state index contributed by atoms with van der Waals surface area (Å²) in [6, 6.07) is 12.9. The first-order chi connectivity index (χ1) is 9.20. The van der Waals surface area contributed by atoms with E-state index < -0.39 is 0 Å². The highest BCUT2D eigenvalue weighted by Crippen LogP contribution is 2.17. The summed E-state index contributed by atoms with van der Waals surface area (Å²) in [6.07, 6.45) is 0. The molecule has 0 aromatic heterocycles. The Kier molecular flexibility index (Phi) is 4.93. The Labute approximate surface area is 120 Å². The lowest BCUT2D eigenvalue weighted by Gasteiger charge is -2.08. The Morgan fingerprint density at radius 3 is 2.53 bits per heavy atom. The number of halogens is 2. The van der Waals surface area contributed by atoms with Gasteiger partial charge in [-0.2, -0.15) is 0 Å². The average Bonchev–Trinajstić information content (AvgIpc) is 2.42. The van der Waals surface area contributed by atoms with Crippen LogP contribution in [0.15, 0.2) is 46.9 Å². The number of methoxy groups -OCH3 is 1. The summed E-state index contributed by atoms with van der Waals surface area (Å²) >= 11 is 3.49. The summed E-state index contributed by atoms with van der Waals surface area (Å²) in [5, 5.41) is 3.23. The molecule has 0 bridgehead atoms. The van der Waals surface area contributed by atoms with Crippen LogP contribution in [0.25, 0.3) is 0 Å². The second-order valence-electron chi connectivity index (χ2n) is 4.15. The molecule has 0 saturated carbocycles. The Balaban J connectivity index is 1.94. The first-order valence-electron chi connectivity index (χ1n) is 5.97. The highest BCUT2D eigenvalue weighted by molar-refractivity contribution is 9.10. The van der Waals surface area contributed by atoms with Gasteiger partial charge in [0.05, 0.1) is 7.11 Å². The molecule has 2 rings (SSSR count). The topological polar surface area (TPSA) is 21.3 Å². The van der Waals surface area contributed by atoms with Gasteiger partial charge >= 0.3 is 0 Å². The summed E-state index contributed by atoms with van der Waals surface area (Å²) in [5.41, 5.74) is 1.78. The molecule has 2 aromatic rings. The molecule has 2 aromatic carbocycles. The minimum Gasteiger partial charge on any atom is -0.497 e. The minimum atomic E-state index is -0.251. The van der Waals surface area contributed by atoms with Crippen molar-refractivity contribution in [2.24, 2.45) is 0 Å². The van der Waals surface area contributed by atoms with E-state index in [1.807, 2.05) is 24.3 Å². The third kappa shape index (κ3) is 3.78. The van der Waals surface area contributed by atoms with Crippen LogP contribution < -0.4 is 10.1 Å². The third-order valence-corrected chi connectivity index (χ3v) is 3.62. The molecule has 0 aliphatic carbocycles. The van der Waals surface area contributed by atoms with Gasteiger partial charge in [-0.25, -0.2) is 4.39 Å². The molecule has 0 aliphatic rings. The number of benzene rings is 2. The van der Waals surface area contributed by atoms with Crippen LogP contribution >= 0.6 is 15.9 Å². The van der Waals surface area contributed by atoms with E-state index in [4.69, 9.17) is 4.74 Å². The second-order valence-corrected chi connectivity index (χ2v) is 5.01. The summed E-state index contributed by atoms with van der Waals surface area (Å²) in [5.74, 6) is 0.283. The van der Waals surface area contributed by atoms with Crippen molar-refractivity contribution in [2.75, 3.05) is 7.11 Å². The van der Waals surface area contributed by atoms with Crippen LogP contribution in [-0.2, 0) is 13.1 Å². The maximum atomic E-state index is 13.7. The van der Waals surface area contributed by atoms with Crippen molar-refractivity contribution >= 4 is 15.9 Å². The second kappa shape index (κ2) is 6.68. The fraction of sp³-hybridized carbons (Fsp3) is 0.200. The van der Waals surface area contributed by atoms with Crippen LogP contribution in [0.1, 0.15) is 11.1 Å². The van der Waals surface area contributed by atoms with Crippen molar-refractivity contribution in [1.29, 1.82) is 0 Å². The lowest BCUT2D eigenvalue weighted by molar-refractivity contribution is 0.410. The van der Waals surface area contributed by atoms with Crippen molar-refractivity contribution in [3.63, 3.8) is 0 Å². The quantitative estimate of drug-likeness (QED) is 0.901. The van der Waals surface area contributed by atoms with Gasteiger partial charge in [0.1, 0.15) is 11.6 Å². The smallest absolute Gasteiger partial charge is 0.131 e. The van der Waals surface area contributed by atoms with Crippen molar-refractivity contribution in [3.8, 4) is 5.75 Å². The molecule has 0 aliphatic heterocycles. The van der Waals surface area contributed by atoms with Gasteiger partial charge in [-0.3, -0.25) is 0 Å². The van der Waals surface area contributed by atoms with Gasteiger partial charge in [-0.15, -0.1) is 0 Å². The van der Waals surface area contributed by atoms with Crippen molar-refractivity contribution in [3.05, 3.63) is 63.9 Å². The van der Waals surface area contributed by atoms with Gasteiger partial charge in [-0.1, -0.05) is 40.2 Å². The predicted molar refractivity (Wildman–Crippen MR) is 77.6 cm³/mol. The molecule has 0 radical (unpaired) electrons. The van der Waals surface area contributed by atoms with E-state index in [1.54, 1.807) is 12.1 Å². The highest BCUT2D eigenvalue weighted by atomic mass is 79.9. The third-order valence-electron chi connectivity index (χ3n) is 2.85. The molecule has 0 unspecified atom stereocenters. The molecule has 4 heteroatoms. The maximum Gasteiger partial charge on any atom is 0.131 e. The summed E-state index contributed by atoms with van der Waals surface area (Å²) in [4.78, 5) is 0. The molecule has 0 atom stereocenters. The molecular formula is C15H15BrFNO. The Hall–Kier alpha value is -1.39. The molecule has 2 nitrogen and oxygen atoms in total. The first-order valence-corrected chi connectivity index (χ1v) is 6.76. The lowest BCUT2D eigenvalue weighted by atomic mass is 10.2. The van der Waals surface area contributed by atoms with Crippen LogP contribution in [0.5, 0.6) is 5.75 Å². The molecule has 0 spiro atoms. The largest absolute Gasteiger partial charge is 0.497 e. The van der Waals surface area contributed by atoms with Crippen LogP contribution in [0, 0.1) is 5.82 Å². The van der Waals surface area contributed by atoms with Gasteiger partial charge in [0.25, 0.3) is 0 Å². The van der Waals surface area contributed by atoms with Crippen LogP contribution in [0.3, 0.4) is 0 Å². The number of hydrogen-bond acceptors (Lipinski definition) is 2. The molecule has 1 N–H and O–H groups in total. The fourth-order valence-corrected chi connectivity index (χ4v) is 2.20. The summed E-state index contributed by atoms with van der Waals surface area (Å²) < 4.78 is 19.7. The predicted octanol–water partition coefficient (Wildman–Crippen LogP) is 3.89. The SMILES string of the molecule is COc1ccc(CNCc2ccccc2Br)c(F)c1. The fourth-order valence-electron chi connectivity index (χ4n) is 1.77. The van der Waals surface area contributed by atoms with E-state index in [1.165, 1.54) is 13.2 Å². The number of nitrogens with one attached hydrogen (secondary N) is 1. The van der Waals surface area contributed by atoms with Gasteiger partial charge in [0.15, 0.2) is 0 Å². The van der Waals surface area contributed by atoms with Crippen molar-refractivity contribution in [1.82, 2.24) is 5.32 Å². The number of ether oxygens (including phenoxy) is 1. The van der Waals surface area contributed by atoms with Crippen molar-refractivity contribution < 1.29 is 9.13 Å². The van der Waals surface area contributed by atoms with E-state index in [-0.39, 0.29) is 5.82 Å². The summed E-state index contributed by atoms with van der Waals surface area (Å²) in [7, 11) is 1.53. The molecule has 0 saturated heterocycles. The molecule has 0 amide bonds. The zero-order chi connectivity index (χ0) is 13.7. The minimum absolute atomic E-state index is 0.251. The van der Waals surface area contributed by atoms with E-state index in [2.05, 4.69) is 21.2 Å². The Morgan fingerprint density at radius 1 is 1.11 bits per heavy atom. The Morgan fingerprint density at radius 2 is 1.84 bits per heavy atom. The monoisotopic (exact) mass is 323 g/mol.